The summed E-state index contributed by atoms with van der Waals surface area (Å²) in [6.07, 6.45) is -4.57. The van der Waals surface area contributed by atoms with Crippen molar-refractivity contribution in [1.82, 2.24) is 0 Å². The molecule has 0 radical (unpaired) electrons. The van der Waals surface area contributed by atoms with Crippen LogP contribution < -0.4 is 10.1 Å². The zero-order chi connectivity index (χ0) is 22.3. The largest absolute Gasteiger partial charge is 0.494 e. The third kappa shape index (κ3) is 6.08. The van der Waals surface area contributed by atoms with Gasteiger partial charge in [-0.3, -0.25) is 4.79 Å². The standard InChI is InChI=1S/C24H22F3NO3/c1-2-31-22-13-12-18(14-19(22)16-30-15-17-8-4-3-5-9-17)23(29)28-21-11-7-6-10-20(21)24(25,26)27/h3-14H,2,15-16H2,1H3,(H,28,29). The van der Waals surface area contributed by atoms with Gasteiger partial charge in [-0.15, -0.1) is 0 Å². The fourth-order valence-corrected chi connectivity index (χ4v) is 3.02. The maximum Gasteiger partial charge on any atom is 0.418 e. The van der Waals surface area contributed by atoms with E-state index in [1.54, 1.807) is 12.1 Å². The second kappa shape index (κ2) is 10.1. The molecule has 3 aromatic rings. The Morgan fingerprint density at radius 2 is 1.65 bits per heavy atom. The first-order chi connectivity index (χ1) is 14.9. The van der Waals surface area contributed by atoms with Crippen LogP contribution in [-0.4, -0.2) is 12.5 Å². The van der Waals surface area contributed by atoms with Gasteiger partial charge in [-0.2, -0.15) is 13.2 Å². The van der Waals surface area contributed by atoms with Gasteiger partial charge in [-0.1, -0.05) is 42.5 Å². The molecule has 0 aliphatic heterocycles. The first-order valence-electron chi connectivity index (χ1n) is 9.73. The lowest BCUT2D eigenvalue weighted by Crippen LogP contribution is -2.17. The van der Waals surface area contributed by atoms with Crippen molar-refractivity contribution in [1.29, 1.82) is 0 Å². The van der Waals surface area contributed by atoms with Gasteiger partial charge in [0, 0.05) is 11.1 Å². The number of rotatable bonds is 8. The molecule has 0 unspecified atom stereocenters. The summed E-state index contributed by atoms with van der Waals surface area (Å²) in [6, 6.07) is 19.2. The molecule has 4 nitrogen and oxygen atoms in total. The number of para-hydroxylation sites is 1. The number of anilines is 1. The summed E-state index contributed by atoms with van der Waals surface area (Å²) in [6.45, 7) is 2.83. The number of alkyl halides is 3. The van der Waals surface area contributed by atoms with E-state index in [-0.39, 0.29) is 17.9 Å². The van der Waals surface area contributed by atoms with E-state index in [9.17, 15) is 18.0 Å². The molecule has 3 aromatic carbocycles. The van der Waals surface area contributed by atoms with Gasteiger partial charge < -0.3 is 14.8 Å². The molecular formula is C24H22F3NO3. The number of nitrogens with one attached hydrogen (secondary N) is 1. The highest BCUT2D eigenvalue weighted by Crippen LogP contribution is 2.34. The first-order valence-corrected chi connectivity index (χ1v) is 9.73. The van der Waals surface area contributed by atoms with Crippen molar-refractivity contribution in [2.45, 2.75) is 26.3 Å². The van der Waals surface area contributed by atoms with Crippen LogP contribution in [0.5, 0.6) is 5.75 Å². The number of carbonyl (C=O) groups excluding carboxylic acids is 1. The van der Waals surface area contributed by atoms with E-state index in [1.807, 2.05) is 37.3 Å². The second-order valence-corrected chi connectivity index (χ2v) is 6.73. The van der Waals surface area contributed by atoms with Gasteiger partial charge in [0.25, 0.3) is 5.91 Å². The smallest absolute Gasteiger partial charge is 0.418 e. The van der Waals surface area contributed by atoms with Gasteiger partial charge in [-0.25, -0.2) is 0 Å². The highest BCUT2D eigenvalue weighted by atomic mass is 19.4. The monoisotopic (exact) mass is 429 g/mol. The fourth-order valence-electron chi connectivity index (χ4n) is 3.02. The minimum absolute atomic E-state index is 0.185. The van der Waals surface area contributed by atoms with Crippen molar-refractivity contribution in [2.24, 2.45) is 0 Å². The summed E-state index contributed by atoms with van der Waals surface area (Å²) in [5.74, 6) is -0.0909. The van der Waals surface area contributed by atoms with Crippen LogP contribution in [-0.2, 0) is 24.1 Å². The van der Waals surface area contributed by atoms with Crippen LogP contribution in [0.4, 0.5) is 18.9 Å². The highest BCUT2D eigenvalue weighted by molar-refractivity contribution is 6.05. The Bertz CT molecular complexity index is 1020. The average molecular weight is 429 g/mol. The topological polar surface area (TPSA) is 47.6 Å². The van der Waals surface area contributed by atoms with Crippen LogP contribution in [0.2, 0.25) is 0 Å². The molecule has 7 heteroatoms. The molecule has 1 N–H and O–H groups in total. The number of halogens is 3. The van der Waals surface area contributed by atoms with Gasteiger partial charge in [-0.05, 0) is 42.8 Å². The average Bonchev–Trinajstić information content (AvgIpc) is 2.75. The quantitative estimate of drug-likeness (QED) is 0.473. The van der Waals surface area contributed by atoms with Crippen LogP contribution >= 0.6 is 0 Å². The molecule has 0 aliphatic rings. The zero-order valence-corrected chi connectivity index (χ0v) is 16.9. The van der Waals surface area contributed by atoms with Crippen molar-refractivity contribution in [2.75, 3.05) is 11.9 Å². The predicted molar refractivity (Wildman–Crippen MR) is 112 cm³/mol. The Balaban J connectivity index is 1.77. The number of carbonyl (C=O) groups is 1. The highest BCUT2D eigenvalue weighted by Gasteiger charge is 2.33. The number of benzene rings is 3. The maximum absolute atomic E-state index is 13.2. The number of hydrogen-bond donors (Lipinski definition) is 1. The first kappa shape index (κ1) is 22.4. The summed E-state index contributed by atoms with van der Waals surface area (Å²) >= 11 is 0. The predicted octanol–water partition coefficient (Wildman–Crippen LogP) is 6.07. The number of amides is 1. The van der Waals surface area contributed by atoms with Gasteiger partial charge in [0.2, 0.25) is 0 Å². The lowest BCUT2D eigenvalue weighted by molar-refractivity contribution is -0.136. The Morgan fingerprint density at radius 1 is 0.935 bits per heavy atom. The van der Waals surface area contributed by atoms with Crippen molar-refractivity contribution in [3.63, 3.8) is 0 Å². The third-order valence-corrected chi connectivity index (χ3v) is 4.47. The molecule has 0 aliphatic carbocycles. The molecule has 1 amide bonds. The Labute approximate surface area is 178 Å². The van der Waals surface area contributed by atoms with Crippen LogP contribution in [0.25, 0.3) is 0 Å². The van der Waals surface area contributed by atoms with Crippen LogP contribution in [0, 0.1) is 0 Å². The normalized spacial score (nSPS) is 11.2. The van der Waals surface area contributed by atoms with Crippen molar-refractivity contribution < 1.29 is 27.4 Å². The molecule has 0 saturated carbocycles. The summed E-state index contributed by atoms with van der Waals surface area (Å²) in [7, 11) is 0. The van der Waals surface area contributed by atoms with Crippen LogP contribution in [0.15, 0.2) is 72.8 Å². The van der Waals surface area contributed by atoms with Crippen molar-refractivity contribution in [3.8, 4) is 5.75 Å². The van der Waals surface area contributed by atoms with E-state index in [1.165, 1.54) is 24.3 Å². The molecule has 0 saturated heterocycles. The molecule has 0 heterocycles. The number of ether oxygens (including phenoxy) is 2. The lowest BCUT2D eigenvalue weighted by Gasteiger charge is -2.15. The molecule has 0 atom stereocenters. The van der Waals surface area contributed by atoms with Crippen LogP contribution in [0.1, 0.15) is 34.0 Å². The summed E-state index contributed by atoms with van der Waals surface area (Å²) < 4.78 is 50.9. The zero-order valence-electron chi connectivity index (χ0n) is 16.9. The van der Waals surface area contributed by atoms with Gasteiger partial charge >= 0.3 is 6.18 Å². The van der Waals surface area contributed by atoms with Crippen LogP contribution in [0.3, 0.4) is 0 Å². The van der Waals surface area contributed by atoms with E-state index in [4.69, 9.17) is 9.47 Å². The van der Waals surface area contributed by atoms with Crippen molar-refractivity contribution >= 4 is 11.6 Å². The molecule has 0 fully saturated rings. The summed E-state index contributed by atoms with van der Waals surface area (Å²) in [5.41, 5.74) is 0.642. The van der Waals surface area contributed by atoms with E-state index < -0.39 is 17.6 Å². The van der Waals surface area contributed by atoms with E-state index in [0.29, 0.717) is 24.5 Å². The second-order valence-electron chi connectivity index (χ2n) is 6.73. The fraction of sp³-hybridized carbons (Fsp3) is 0.208. The van der Waals surface area contributed by atoms with Gasteiger partial charge in [0.15, 0.2) is 0 Å². The minimum atomic E-state index is -4.57. The maximum atomic E-state index is 13.2. The Kier molecular flexibility index (Phi) is 7.31. The van der Waals surface area contributed by atoms with E-state index >= 15 is 0 Å². The minimum Gasteiger partial charge on any atom is -0.494 e. The molecule has 0 spiro atoms. The van der Waals surface area contributed by atoms with E-state index in [0.717, 1.165) is 11.6 Å². The molecule has 3 rings (SSSR count). The molecule has 31 heavy (non-hydrogen) atoms. The summed E-state index contributed by atoms with van der Waals surface area (Å²) in [5, 5.41) is 2.35. The Morgan fingerprint density at radius 3 is 2.35 bits per heavy atom. The van der Waals surface area contributed by atoms with Gasteiger partial charge in [0.05, 0.1) is 31.1 Å². The molecule has 0 aromatic heterocycles. The molecule has 162 valence electrons. The van der Waals surface area contributed by atoms with Gasteiger partial charge in [0.1, 0.15) is 5.75 Å². The molecular weight excluding hydrogens is 407 g/mol. The SMILES string of the molecule is CCOc1ccc(C(=O)Nc2ccccc2C(F)(F)F)cc1COCc1ccccc1. The third-order valence-electron chi connectivity index (χ3n) is 4.47. The number of hydrogen-bond acceptors (Lipinski definition) is 3. The van der Waals surface area contributed by atoms with Crippen molar-refractivity contribution in [3.05, 3.63) is 95.1 Å². The molecule has 0 bridgehead atoms. The Hall–Kier alpha value is -3.32. The summed E-state index contributed by atoms with van der Waals surface area (Å²) in [4.78, 5) is 12.6. The van der Waals surface area contributed by atoms with E-state index in [2.05, 4.69) is 5.32 Å². The lowest BCUT2D eigenvalue weighted by atomic mass is 10.1.